The fraction of sp³-hybridized carbons (Fsp3) is 0.533. The first-order chi connectivity index (χ1) is 9.72. The van der Waals surface area contributed by atoms with Crippen LogP contribution >= 0.6 is 0 Å². The standard InChI is InChI=1S/C15H24N2O3S/c1-6-17(7-2)12-9-8-10-13(11-12)21(19,20)15(3,4)14(18)16-5/h8-11H,6-7H2,1-5H3,(H,16,18). The summed E-state index contributed by atoms with van der Waals surface area (Å²) in [6.45, 7) is 8.45. The molecule has 0 bridgehead atoms. The molecule has 0 spiro atoms. The summed E-state index contributed by atoms with van der Waals surface area (Å²) in [6.07, 6.45) is 0. The molecule has 5 nitrogen and oxygen atoms in total. The van der Waals surface area contributed by atoms with Gasteiger partial charge >= 0.3 is 0 Å². The lowest BCUT2D eigenvalue weighted by Crippen LogP contribution is -2.46. The van der Waals surface area contributed by atoms with E-state index in [-0.39, 0.29) is 4.90 Å². The highest BCUT2D eigenvalue weighted by atomic mass is 32.2. The molecule has 0 fully saturated rings. The second-order valence-electron chi connectivity index (χ2n) is 5.26. The number of anilines is 1. The average Bonchev–Trinajstić information content (AvgIpc) is 2.47. The Labute approximate surface area is 127 Å². The Morgan fingerprint density at radius 2 is 1.81 bits per heavy atom. The highest BCUT2D eigenvalue weighted by Gasteiger charge is 2.42. The van der Waals surface area contributed by atoms with E-state index >= 15 is 0 Å². The van der Waals surface area contributed by atoms with Crippen molar-refractivity contribution in [1.82, 2.24) is 5.32 Å². The molecule has 1 amide bonds. The maximum Gasteiger partial charge on any atom is 0.241 e. The SMILES string of the molecule is CCN(CC)c1cccc(S(=O)(=O)C(C)(C)C(=O)NC)c1. The van der Waals surface area contributed by atoms with Crippen molar-refractivity contribution in [1.29, 1.82) is 0 Å². The predicted molar refractivity (Wildman–Crippen MR) is 85.3 cm³/mol. The molecule has 0 radical (unpaired) electrons. The molecule has 0 aliphatic carbocycles. The molecule has 1 aromatic carbocycles. The topological polar surface area (TPSA) is 66.5 Å². The van der Waals surface area contributed by atoms with Crippen LogP contribution in [0.15, 0.2) is 29.2 Å². The van der Waals surface area contributed by atoms with Gasteiger partial charge < -0.3 is 10.2 Å². The number of rotatable bonds is 6. The van der Waals surface area contributed by atoms with Crippen molar-refractivity contribution < 1.29 is 13.2 Å². The number of nitrogens with zero attached hydrogens (tertiary/aromatic N) is 1. The summed E-state index contributed by atoms with van der Waals surface area (Å²) >= 11 is 0. The summed E-state index contributed by atoms with van der Waals surface area (Å²) in [4.78, 5) is 14.1. The third-order valence-corrected chi connectivity index (χ3v) is 6.11. The number of hydrogen-bond acceptors (Lipinski definition) is 4. The fourth-order valence-corrected chi connectivity index (χ4v) is 3.62. The molecule has 1 N–H and O–H groups in total. The van der Waals surface area contributed by atoms with Gasteiger partial charge in [0.2, 0.25) is 5.91 Å². The van der Waals surface area contributed by atoms with Crippen molar-refractivity contribution in [2.45, 2.75) is 37.3 Å². The van der Waals surface area contributed by atoms with Gasteiger partial charge in [-0.3, -0.25) is 4.79 Å². The predicted octanol–water partition coefficient (Wildman–Crippen LogP) is 1.83. The lowest BCUT2D eigenvalue weighted by molar-refractivity contribution is -0.122. The van der Waals surface area contributed by atoms with Crippen LogP contribution in [0.4, 0.5) is 5.69 Å². The summed E-state index contributed by atoms with van der Waals surface area (Å²) < 4.78 is 23.9. The van der Waals surface area contributed by atoms with E-state index in [4.69, 9.17) is 0 Å². The molecule has 0 saturated heterocycles. The van der Waals surface area contributed by atoms with Crippen LogP contribution in [0.3, 0.4) is 0 Å². The first-order valence-electron chi connectivity index (χ1n) is 7.04. The summed E-state index contributed by atoms with van der Waals surface area (Å²) in [5.74, 6) is -0.518. The number of sulfone groups is 1. The first kappa shape index (κ1) is 17.5. The monoisotopic (exact) mass is 312 g/mol. The minimum absolute atomic E-state index is 0.167. The molecule has 0 aliphatic heterocycles. The molecule has 1 aromatic rings. The second-order valence-corrected chi connectivity index (χ2v) is 7.76. The molecule has 21 heavy (non-hydrogen) atoms. The third kappa shape index (κ3) is 3.20. The molecule has 0 heterocycles. The van der Waals surface area contributed by atoms with E-state index in [0.717, 1.165) is 18.8 Å². The van der Waals surface area contributed by atoms with E-state index in [1.54, 1.807) is 12.1 Å². The van der Waals surface area contributed by atoms with Gasteiger partial charge in [0, 0.05) is 25.8 Å². The second kappa shape index (κ2) is 6.47. The Morgan fingerprint density at radius 1 is 1.24 bits per heavy atom. The van der Waals surface area contributed by atoms with Gasteiger partial charge in [0.05, 0.1) is 4.90 Å². The van der Waals surface area contributed by atoms with Crippen LogP contribution in [0, 0.1) is 0 Å². The lowest BCUT2D eigenvalue weighted by atomic mass is 10.2. The molecule has 0 aliphatic rings. The number of carbonyl (C=O) groups excluding carboxylic acids is 1. The highest BCUT2D eigenvalue weighted by molar-refractivity contribution is 7.93. The summed E-state index contributed by atoms with van der Waals surface area (Å²) in [5.41, 5.74) is 0.841. The zero-order valence-corrected chi connectivity index (χ0v) is 14.1. The van der Waals surface area contributed by atoms with E-state index in [1.165, 1.54) is 27.0 Å². The van der Waals surface area contributed by atoms with Crippen LogP contribution in [0.1, 0.15) is 27.7 Å². The van der Waals surface area contributed by atoms with Crippen molar-refractivity contribution in [2.75, 3.05) is 25.0 Å². The number of nitrogens with one attached hydrogen (secondary N) is 1. The average molecular weight is 312 g/mol. The smallest absolute Gasteiger partial charge is 0.241 e. The van der Waals surface area contributed by atoms with Crippen molar-refractivity contribution >= 4 is 21.4 Å². The zero-order valence-electron chi connectivity index (χ0n) is 13.3. The molecule has 0 saturated carbocycles. The normalized spacial score (nSPS) is 12.0. The van der Waals surface area contributed by atoms with E-state index in [0.29, 0.717) is 0 Å². The van der Waals surface area contributed by atoms with Gasteiger partial charge in [0.1, 0.15) is 4.75 Å². The molecule has 0 aromatic heterocycles. The Balaban J connectivity index is 3.33. The number of amides is 1. The zero-order chi connectivity index (χ0) is 16.3. The fourth-order valence-electron chi connectivity index (χ4n) is 2.15. The summed E-state index contributed by atoms with van der Waals surface area (Å²) in [6, 6.07) is 6.75. The Morgan fingerprint density at radius 3 is 2.29 bits per heavy atom. The molecular weight excluding hydrogens is 288 g/mol. The van der Waals surface area contributed by atoms with Gasteiger partial charge in [-0.1, -0.05) is 6.07 Å². The van der Waals surface area contributed by atoms with Crippen molar-refractivity contribution in [3.05, 3.63) is 24.3 Å². The van der Waals surface area contributed by atoms with E-state index < -0.39 is 20.5 Å². The van der Waals surface area contributed by atoms with E-state index in [1.807, 2.05) is 19.9 Å². The number of carbonyl (C=O) groups is 1. The van der Waals surface area contributed by atoms with Crippen LogP contribution in [0.25, 0.3) is 0 Å². The maximum absolute atomic E-state index is 12.7. The Hall–Kier alpha value is -1.56. The van der Waals surface area contributed by atoms with Gasteiger partial charge in [0.25, 0.3) is 0 Å². The van der Waals surface area contributed by atoms with Crippen LogP contribution in [-0.2, 0) is 14.6 Å². The van der Waals surface area contributed by atoms with Crippen LogP contribution in [0.2, 0.25) is 0 Å². The highest BCUT2D eigenvalue weighted by Crippen LogP contribution is 2.28. The van der Waals surface area contributed by atoms with Crippen LogP contribution in [0.5, 0.6) is 0 Å². The molecule has 0 atom stereocenters. The molecule has 6 heteroatoms. The largest absolute Gasteiger partial charge is 0.372 e. The Bertz CT molecular complexity index is 605. The van der Waals surface area contributed by atoms with Crippen LogP contribution < -0.4 is 10.2 Å². The maximum atomic E-state index is 12.7. The molecule has 0 unspecified atom stereocenters. The van der Waals surface area contributed by atoms with E-state index in [2.05, 4.69) is 10.2 Å². The third-order valence-electron chi connectivity index (χ3n) is 3.70. The first-order valence-corrected chi connectivity index (χ1v) is 8.52. The van der Waals surface area contributed by atoms with Gasteiger partial charge in [-0.2, -0.15) is 0 Å². The summed E-state index contributed by atoms with van der Waals surface area (Å²) in [7, 11) is -2.32. The number of hydrogen-bond donors (Lipinski definition) is 1. The van der Waals surface area contributed by atoms with Gasteiger partial charge in [-0.15, -0.1) is 0 Å². The van der Waals surface area contributed by atoms with Gasteiger partial charge in [-0.05, 0) is 45.9 Å². The van der Waals surface area contributed by atoms with Crippen LogP contribution in [-0.4, -0.2) is 39.2 Å². The minimum Gasteiger partial charge on any atom is -0.372 e. The molecular formula is C15H24N2O3S. The van der Waals surface area contributed by atoms with E-state index in [9.17, 15) is 13.2 Å². The van der Waals surface area contributed by atoms with Gasteiger partial charge in [-0.25, -0.2) is 8.42 Å². The van der Waals surface area contributed by atoms with Crippen molar-refractivity contribution in [3.8, 4) is 0 Å². The van der Waals surface area contributed by atoms with Crippen molar-refractivity contribution in [3.63, 3.8) is 0 Å². The minimum atomic E-state index is -3.76. The molecule has 118 valence electrons. The summed E-state index contributed by atoms with van der Waals surface area (Å²) in [5, 5.41) is 2.41. The van der Waals surface area contributed by atoms with Crippen molar-refractivity contribution in [2.24, 2.45) is 0 Å². The Kier molecular flexibility index (Phi) is 5.39. The lowest BCUT2D eigenvalue weighted by Gasteiger charge is -2.25. The quantitative estimate of drug-likeness (QED) is 0.870. The van der Waals surface area contributed by atoms with Gasteiger partial charge in [0.15, 0.2) is 9.84 Å². The number of benzene rings is 1. The molecule has 1 rings (SSSR count).